The number of nitrogens with one attached hydrogen (secondary N) is 2. The highest BCUT2D eigenvalue weighted by atomic mass is 16.5. The van der Waals surface area contributed by atoms with E-state index in [0.717, 1.165) is 38.9 Å². The van der Waals surface area contributed by atoms with Crippen LogP contribution in [0.4, 0.5) is 4.79 Å². The minimum Gasteiger partial charge on any atom is -0.449 e. The molecule has 1 rings (SSSR count). The molecule has 1 heterocycles. The zero-order valence-corrected chi connectivity index (χ0v) is 8.84. The van der Waals surface area contributed by atoms with Crippen molar-refractivity contribution in [1.82, 2.24) is 10.6 Å². The van der Waals surface area contributed by atoms with Crippen LogP contribution in [0, 0.1) is 5.92 Å². The van der Waals surface area contributed by atoms with Gasteiger partial charge >= 0.3 is 6.09 Å². The molecule has 0 aromatic rings. The molecule has 14 heavy (non-hydrogen) atoms. The lowest BCUT2D eigenvalue weighted by Gasteiger charge is -2.10. The highest BCUT2D eigenvalue weighted by molar-refractivity contribution is 5.67. The first-order valence-corrected chi connectivity index (χ1v) is 5.44. The topological polar surface area (TPSA) is 50.4 Å². The van der Waals surface area contributed by atoms with Gasteiger partial charge in [-0.15, -0.1) is 0 Å². The van der Waals surface area contributed by atoms with E-state index in [4.69, 9.17) is 4.74 Å². The number of rotatable bonds is 5. The molecule has 82 valence electrons. The van der Waals surface area contributed by atoms with Gasteiger partial charge in [0.05, 0.1) is 6.61 Å². The van der Waals surface area contributed by atoms with Crippen molar-refractivity contribution in [3.05, 3.63) is 0 Å². The van der Waals surface area contributed by atoms with Gasteiger partial charge < -0.3 is 15.4 Å². The van der Waals surface area contributed by atoms with Gasteiger partial charge in [0.2, 0.25) is 0 Å². The molecule has 1 aliphatic heterocycles. The molecule has 1 amide bonds. The Hall–Kier alpha value is -0.770. The average molecular weight is 200 g/mol. The van der Waals surface area contributed by atoms with Crippen LogP contribution in [0.3, 0.4) is 0 Å². The summed E-state index contributed by atoms with van der Waals surface area (Å²) in [4.78, 5) is 11.1. The third kappa shape index (κ3) is 4.46. The van der Waals surface area contributed by atoms with Gasteiger partial charge in [0.25, 0.3) is 0 Å². The van der Waals surface area contributed by atoms with Crippen molar-refractivity contribution < 1.29 is 9.53 Å². The number of carbonyl (C=O) groups is 1. The highest BCUT2D eigenvalue weighted by Crippen LogP contribution is 2.07. The molecule has 0 aromatic carbocycles. The van der Waals surface area contributed by atoms with Crippen LogP contribution in [0.15, 0.2) is 0 Å². The molecule has 0 aliphatic carbocycles. The highest BCUT2D eigenvalue weighted by Gasteiger charge is 2.15. The summed E-state index contributed by atoms with van der Waals surface area (Å²) in [5, 5.41) is 5.96. The van der Waals surface area contributed by atoms with Crippen molar-refractivity contribution in [1.29, 1.82) is 0 Å². The van der Waals surface area contributed by atoms with Gasteiger partial charge in [-0.3, -0.25) is 0 Å². The molecule has 0 radical (unpaired) electrons. The minimum absolute atomic E-state index is 0.273. The van der Waals surface area contributed by atoms with Crippen LogP contribution in [0.25, 0.3) is 0 Å². The second-order valence-electron chi connectivity index (χ2n) is 3.74. The predicted molar refractivity (Wildman–Crippen MR) is 55.2 cm³/mol. The Bertz CT molecular complexity index is 168. The Kier molecular flexibility index (Phi) is 5.37. The number of ether oxygens (including phenoxy) is 1. The number of unbranched alkanes of at least 4 members (excludes halogenated alkanes) is 1. The second kappa shape index (κ2) is 6.65. The lowest BCUT2D eigenvalue weighted by Crippen LogP contribution is -2.27. The summed E-state index contributed by atoms with van der Waals surface area (Å²) in [6, 6.07) is 0. The van der Waals surface area contributed by atoms with Crippen molar-refractivity contribution in [2.75, 3.05) is 26.2 Å². The molecule has 4 heteroatoms. The van der Waals surface area contributed by atoms with E-state index in [1.807, 2.05) is 0 Å². The summed E-state index contributed by atoms with van der Waals surface area (Å²) >= 11 is 0. The summed E-state index contributed by atoms with van der Waals surface area (Å²) in [5.41, 5.74) is 0. The van der Waals surface area contributed by atoms with Crippen LogP contribution < -0.4 is 10.6 Å². The second-order valence-corrected chi connectivity index (χ2v) is 3.74. The normalized spacial score (nSPS) is 20.8. The van der Waals surface area contributed by atoms with E-state index in [1.165, 1.54) is 0 Å². The monoisotopic (exact) mass is 200 g/mol. The molecule has 0 saturated carbocycles. The zero-order chi connectivity index (χ0) is 10.2. The first-order chi connectivity index (χ1) is 6.83. The Morgan fingerprint density at radius 3 is 3.14 bits per heavy atom. The van der Waals surface area contributed by atoms with Crippen molar-refractivity contribution in [2.24, 2.45) is 5.92 Å². The summed E-state index contributed by atoms with van der Waals surface area (Å²) < 4.78 is 5.08. The van der Waals surface area contributed by atoms with Gasteiger partial charge in [-0.05, 0) is 19.4 Å². The Labute approximate surface area is 85.4 Å². The zero-order valence-electron chi connectivity index (χ0n) is 8.84. The number of alkyl carbamates (subject to hydrolysis) is 1. The molecule has 1 unspecified atom stereocenters. The van der Waals surface area contributed by atoms with Crippen LogP contribution in [0.1, 0.15) is 26.2 Å². The SMILES string of the molecule is CCCCNC(=O)OCC1CCNC1. The average Bonchev–Trinajstić information content (AvgIpc) is 2.68. The Morgan fingerprint density at radius 1 is 1.64 bits per heavy atom. The maximum absolute atomic E-state index is 11.1. The van der Waals surface area contributed by atoms with E-state index in [0.29, 0.717) is 12.5 Å². The summed E-state index contributed by atoms with van der Waals surface area (Å²) in [6.07, 6.45) is 2.94. The molecule has 1 atom stereocenters. The van der Waals surface area contributed by atoms with Crippen LogP contribution in [0.5, 0.6) is 0 Å². The predicted octanol–water partition coefficient (Wildman–Crippen LogP) is 1.12. The molecule has 1 saturated heterocycles. The first kappa shape index (κ1) is 11.3. The van der Waals surface area contributed by atoms with Crippen LogP contribution in [-0.2, 0) is 4.74 Å². The van der Waals surface area contributed by atoms with Gasteiger partial charge in [0.1, 0.15) is 0 Å². The fourth-order valence-corrected chi connectivity index (χ4v) is 1.47. The maximum atomic E-state index is 11.1. The van der Waals surface area contributed by atoms with E-state index in [9.17, 15) is 4.79 Å². The van der Waals surface area contributed by atoms with E-state index in [1.54, 1.807) is 0 Å². The van der Waals surface area contributed by atoms with E-state index in [2.05, 4.69) is 17.6 Å². The molecular weight excluding hydrogens is 180 g/mol. The summed E-state index contributed by atoms with van der Waals surface area (Å²) in [5.74, 6) is 0.506. The lowest BCUT2D eigenvalue weighted by molar-refractivity contribution is 0.130. The fourth-order valence-electron chi connectivity index (χ4n) is 1.47. The molecular formula is C10H20N2O2. The van der Waals surface area contributed by atoms with Crippen LogP contribution in [0.2, 0.25) is 0 Å². The van der Waals surface area contributed by atoms with Crippen molar-refractivity contribution in [3.8, 4) is 0 Å². The Balaban J connectivity index is 1.96. The molecule has 0 spiro atoms. The van der Waals surface area contributed by atoms with E-state index in [-0.39, 0.29) is 6.09 Å². The van der Waals surface area contributed by atoms with Gasteiger partial charge in [-0.2, -0.15) is 0 Å². The van der Waals surface area contributed by atoms with Gasteiger partial charge in [0.15, 0.2) is 0 Å². The molecule has 0 bridgehead atoms. The standard InChI is InChI=1S/C10H20N2O2/c1-2-3-5-12-10(13)14-8-9-4-6-11-7-9/h9,11H,2-8H2,1H3,(H,12,13). The van der Waals surface area contributed by atoms with Gasteiger partial charge in [0, 0.05) is 19.0 Å². The third-order valence-corrected chi connectivity index (χ3v) is 2.41. The summed E-state index contributed by atoms with van der Waals surface area (Å²) in [7, 11) is 0. The first-order valence-electron chi connectivity index (χ1n) is 5.44. The van der Waals surface area contributed by atoms with Crippen molar-refractivity contribution in [3.63, 3.8) is 0 Å². The lowest BCUT2D eigenvalue weighted by atomic mass is 10.1. The van der Waals surface area contributed by atoms with Gasteiger partial charge in [-0.25, -0.2) is 4.79 Å². The van der Waals surface area contributed by atoms with Crippen LogP contribution >= 0.6 is 0 Å². The molecule has 1 aliphatic rings. The Morgan fingerprint density at radius 2 is 2.50 bits per heavy atom. The van der Waals surface area contributed by atoms with Crippen molar-refractivity contribution in [2.45, 2.75) is 26.2 Å². The van der Waals surface area contributed by atoms with Gasteiger partial charge in [-0.1, -0.05) is 13.3 Å². The molecule has 1 fully saturated rings. The fraction of sp³-hybridized carbons (Fsp3) is 0.900. The van der Waals surface area contributed by atoms with E-state index >= 15 is 0 Å². The largest absolute Gasteiger partial charge is 0.449 e. The number of hydrogen-bond donors (Lipinski definition) is 2. The smallest absolute Gasteiger partial charge is 0.407 e. The third-order valence-electron chi connectivity index (χ3n) is 2.41. The molecule has 4 nitrogen and oxygen atoms in total. The van der Waals surface area contributed by atoms with Crippen molar-refractivity contribution >= 4 is 6.09 Å². The number of hydrogen-bond acceptors (Lipinski definition) is 3. The molecule has 2 N–H and O–H groups in total. The van der Waals surface area contributed by atoms with E-state index < -0.39 is 0 Å². The number of amides is 1. The summed E-state index contributed by atoms with van der Waals surface area (Å²) in [6.45, 7) is 5.38. The number of carbonyl (C=O) groups excluding carboxylic acids is 1. The maximum Gasteiger partial charge on any atom is 0.407 e. The molecule has 0 aromatic heterocycles. The van der Waals surface area contributed by atoms with Crippen LogP contribution in [-0.4, -0.2) is 32.3 Å². The quantitative estimate of drug-likeness (QED) is 0.654. The minimum atomic E-state index is -0.273.